The van der Waals surface area contributed by atoms with Gasteiger partial charge in [0.2, 0.25) is 0 Å². The fraction of sp³-hybridized carbons (Fsp3) is 0.364. The van der Waals surface area contributed by atoms with E-state index in [0.717, 1.165) is 22.6 Å². The van der Waals surface area contributed by atoms with Gasteiger partial charge in [0, 0.05) is 12.0 Å². The van der Waals surface area contributed by atoms with Crippen LogP contribution in [0.5, 0.6) is 5.75 Å². The fourth-order valence-corrected chi connectivity index (χ4v) is 2.80. The van der Waals surface area contributed by atoms with Crippen LogP contribution in [0.2, 0.25) is 0 Å². The van der Waals surface area contributed by atoms with Crippen LogP contribution in [-0.4, -0.2) is 36.7 Å². The van der Waals surface area contributed by atoms with Gasteiger partial charge < -0.3 is 19.6 Å². The zero-order valence-electron chi connectivity index (χ0n) is 16.5. The summed E-state index contributed by atoms with van der Waals surface area (Å²) in [6.07, 6.45) is -0.0468. The van der Waals surface area contributed by atoms with Crippen molar-refractivity contribution in [3.63, 3.8) is 0 Å². The van der Waals surface area contributed by atoms with Gasteiger partial charge in [-0.3, -0.25) is 0 Å². The molecule has 0 saturated carbocycles. The van der Waals surface area contributed by atoms with Gasteiger partial charge in [0.15, 0.2) is 6.10 Å². The molecule has 0 radical (unpaired) electrons. The molecule has 0 aliphatic carbocycles. The number of rotatable bonds is 6. The second kappa shape index (κ2) is 8.78. The van der Waals surface area contributed by atoms with E-state index >= 15 is 0 Å². The van der Waals surface area contributed by atoms with Crippen LogP contribution >= 0.6 is 0 Å². The average molecular weight is 382 g/mol. The van der Waals surface area contributed by atoms with Crippen LogP contribution in [0.25, 0.3) is 11.1 Å². The Labute approximate surface area is 165 Å². The topological polar surface area (TPSA) is 69.2 Å². The van der Waals surface area contributed by atoms with Crippen molar-refractivity contribution < 1.29 is 19.1 Å². The minimum atomic E-state index is -0.527. The highest BCUT2D eigenvalue weighted by molar-refractivity contribution is 5.89. The lowest BCUT2D eigenvalue weighted by Crippen LogP contribution is -2.35. The lowest BCUT2D eigenvalue weighted by molar-refractivity contribution is 0.0472. The first-order valence-electron chi connectivity index (χ1n) is 9.36. The third kappa shape index (κ3) is 5.74. The van der Waals surface area contributed by atoms with Crippen LogP contribution in [0.1, 0.15) is 27.2 Å². The van der Waals surface area contributed by atoms with Gasteiger partial charge >= 0.3 is 6.09 Å². The molecule has 1 unspecified atom stereocenters. The summed E-state index contributed by atoms with van der Waals surface area (Å²) in [6, 6.07) is 18.0. The summed E-state index contributed by atoms with van der Waals surface area (Å²) in [5.41, 5.74) is 2.37. The highest BCUT2D eigenvalue weighted by Crippen LogP contribution is 2.30. The first-order chi connectivity index (χ1) is 13.4. The Balaban J connectivity index is 1.48. The number of para-hydroxylation sites is 1. The summed E-state index contributed by atoms with van der Waals surface area (Å²) in [5.74, 6) is 0.803. The standard InChI is InChI=1S/C22H26N2O4/c1-22(2,3)27-21(25)23-14-17-13-18(28-24-17)15-26-20-12-8-7-11-19(20)16-9-5-4-6-10-16/h4-12,18H,13-15H2,1-3H3,(H,23,25). The Kier molecular flexibility index (Phi) is 6.19. The minimum absolute atomic E-state index is 0.181. The largest absolute Gasteiger partial charge is 0.489 e. The van der Waals surface area contributed by atoms with Crippen molar-refractivity contribution in [2.24, 2.45) is 5.16 Å². The van der Waals surface area contributed by atoms with E-state index < -0.39 is 11.7 Å². The summed E-state index contributed by atoms with van der Waals surface area (Å²) in [7, 11) is 0. The molecule has 2 aromatic rings. The van der Waals surface area contributed by atoms with E-state index in [2.05, 4.69) is 22.6 Å². The van der Waals surface area contributed by atoms with Crippen LogP contribution in [0.15, 0.2) is 59.8 Å². The second-order valence-electron chi connectivity index (χ2n) is 7.62. The number of alkyl carbamates (subject to hydrolysis) is 1. The zero-order chi connectivity index (χ0) is 20.0. The first kappa shape index (κ1) is 19.7. The van der Waals surface area contributed by atoms with Crippen molar-refractivity contribution in [3.8, 4) is 16.9 Å². The molecule has 2 aromatic carbocycles. The van der Waals surface area contributed by atoms with Crippen LogP contribution in [0.4, 0.5) is 4.79 Å². The van der Waals surface area contributed by atoms with Gasteiger partial charge in [-0.1, -0.05) is 53.7 Å². The number of nitrogens with zero attached hydrogens (tertiary/aromatic N) is 1. The molecule has 1 aliphatic rings. The van der Waals surface area contributed by atoms with Crippen LogP contribution < -0.4 is 10.1 Å². The number of nitrogens with one attached hydrogen (secondary N) is 1. The maximum atomic E-state index is 11.7. The Hall–Kier alpha value is -3.02. The van der Waals surface area contributed by atoms with E-state index in [-0.39, 0.29) is 6.10 Å². The quantitative estimate of drug-likeness (QED) is 0.804. The summed E-state index contributed by atoms with van der Waals surface area (Å²) in [6.45, 7) is 6.14. The molecule has 1 amide bonds. The molecule has 0 saturated heterocycles. The number of hydrogen-bond acceptors (Lipinski definition) is 5. The molecule has 1 aliphatic heterocycles. The number of carbonyl (C=O) groups is 1. The van der Waals surface area contributed by atoms with Crippen molar-refractivity contribution >= 4 is 11.8 Å². The van der Waals surface area contributed by atoms with E-state index in [9.17, 15) is 4.79 Å². The summed E-state index contributed by atoms with van der Waals surface area (Å²) >= 11 is 0. The molecule has 1 N–H and O–H groups in total. The smallest absolute Gasteiger partial charge is 0.407 e. The van der Waals surface area contributed by atoms with E-state index in [1.807, 2.05) is 63.2 Å². The summed E-state index contributed by atoms with van der Waals surface area (Å²) in [5, 5.41) is 6.74. The Morgan fingerprint density at radius 3 is 2.61 bits per heavy atom. The number of amides is 1. The maximum Gasteiger partial charge on any atom is 0.407 e. The number of oxime groups is 1. The summed E-state index contributed by atoms with van der Waals surface area (Å²) < 4.78 is 11.2. The van der Waals surface area contributed by atoms with Crippen molar-refractivity contribution in [2.45, 2.75) is 38.9 Å². The van der Waals surface area contributed by atoms with Crippen LogP contribution in [0, 0.1) is 0 Å². The predicted octanol–water partition coefficient (Wildman–Crippen LogP) is 4.40. The Morgan fingerprint density at radius 1 is 1.14 bits per heavy atom. The van der Waals surface area contributed by atoms with Crippen LogP contribution in [-0.2, 0) is 9.57 Å². The molecule has 148 valence electrons. The van der Waals surface area contributed by atoms with Gasteiger partial charge in [-0.15, -0.1) is 0 Å². The molecule has 0 bridgehead atoms. The zero-order valence-corrected chi connectivity index (χ0v) is 16.5. The molecule has 6 nitrogen and oxygen atoms in total. The van der Waals surface area contributed by atoms with Crippen molar-refractivity contribution in [1.29, 1.82) is 0 Å². The molecule has 3 rings (SSSR count). The Bertz CT molecular complexity index is 828. The van der Waals surface area contributed by atoms with E-state index in [1.165, 1.54) is 0 Å². The second-order valence-corrected chi connectivity index (χ2v) is 7.62. The average Bonchev–Trinajstić information content (AvgIpc) is 3.12. The highest BCUT2D eigenvalue weighted by Gasteiger charge is 2.23. The predicted molar refractivity (Wildman–Crippen MR) is 109 cm³/mol. The molecule has 1 atom stereocenters. The normalized spacial score (nSPS) is 16.1. The molecule has 0 fully saturated rings. The first-order valence-corrected chi connectivity index (χ1v) is 9.36. The fourth-order valence-electron chi connectivity index (χ4n) is 2.80. The monoisotopic (exact) mass is 382 g/mol. The van der Waals surface area contributed by atoms with Gasteiger partial charge in [0.1, 0.15) is 18.0 Å². The highest BCUT2D eigenvalue weighted by atomic mass is 16.7. The number of benzene rings is 2. The van der Waals surface area contributed by atoms with Gasteiger partial charge in [-0.05, 0) is 32.4 Å². The van der Waals surface area contributed by atoms with Crippen LogP contribution in [0.3, 0.4) is 0 Å². The lowest BCUT2D eigenvalue weighted by Gasteiger charge is -2.19. The van der Waals surface area contributed by atoms with Crippen molar-refractivity contribution in [3.05, 3.63) is 54.6 Å². The molecule has 28 heavy (non-hydrogen) atoms. The third-order valence-corrected chi connectivity index (χ3v) is 4.03. The van der Waals surface area contributed by atoms with E-state index in [0.29, 0.717) is 19.6 Å². The SMILES string of the molecule is CC(C)(C)OC(=O)NCC1=NOC(COc2ccccc2-c2ccccc2)C1. The maximum absolute atomic E-state index is 11.7. The van der Waals surface area contributed by atoms with Gasteiger partial charge in [0.25, 0.3) is 0 Å². The molecule has 0 spiro atoms. The molecule has 1 heterocycles. The minimum Gasteiger partial charge on any atom is -0.489 e. The number of hydrogen-bond donors (Lipinski definition) is 1. The van der Waals surface area contributed by atoms with Gasteiger partial charge in [-0.2, -0.15) is 0 Å². The molecule has 0 aromatic heterocycles. The van der Waals surface area contributed by atoms with Gasteiger partial charge in [0.05, 0.1) is 12.3 Å². The molecular weight excluding hydrogens is 356 g/mol. The third-order valence-electron chi connectivity index (χ3n) is 4.03. The number of carbonyl (C=O) groups excluding carboxylic acids is 1. The number of ether oxygens (including phenoxy) is 2. The van der Waals surface area contributed by atoms with Gasteiger partial charge in [-0.25, -0.2) is 4.79 Å². The molecule has 6 heteroatoms. The van der Waals surface area contributed by atoms with E-state index in [4.69, 9.17) is 14.3 Å². The molecular formula is C22H26N2O4. The van der Waals surface area contributed by atoms with Crippen molar-refractivity contribution in [1.82, 2.24) is 5.32 Å². The van der Waals surface area contributed by atoms with E-state index in [1.54, 1.807) is 0 Å². The Morgan fingerprint density at radius 2 is 1.86 bits per heavy atom. The summed E-state index contributed by atoms with van der Waals surface area (Å²) in [4.78, 5) is 17.2. The van der Waals surface area contributed by atoms with Crippen molar-refractivity contribution in [2.75, 3.05) is 13.2 Å². The lowest BCUT2D eigenvalue weighted by atomic mass is 10.0.